The Hall–Kier alpha value is -1.79. The summed E-state index contributed by atoms with van der Waals surface area (Å²) in [4.78, 5) is 4.58. The summed E-state index contributed by atoms with van der Waals surface area (Å²) in [6.07, 6.45) is 5.90. The number of nitrogens with one attached hydrogen (secondary N) is 1. The first-order valence-corrected chi connectivity index (χ1v) is 10.5. The lowest BCUT2D eigenvalue weighted by Gasteiger charge is -2.37. The van der Waals surface area contributed by atoms with Crippen LogP contribution in [0.2, 0.25) is 0 Å². The average molecular weight is 390 g/mol. The molecule has 0 aliphatic heterocycles. The van der Waals surface area contributed by atoms with Gasteiger partial charge in [-0.1, -0.05) is 25.0 Å². The Bertz CT molecular complexity index is 818. The lowest BCUT2D eigenvalue weighted by molar-refractivity contribution is 0.405. The molecule has 0 spiro atoms. The molecule has 1 unspecified atom stereocenters. The predicted octanol–water partition coefficient (Wildman–Crippen LogP) is 4.29. The second-order valence-corrected chi connectivity index (χ2v) is 10.3. The molecule has 1 aromatic carbocycles. The largest absolute Gasteiger partial charge is 0.396 e. The summed E-state index contributed by atoms with van der Waals surface area (Å²) in [5.74, 6) is 0.239. The van der Waals surface area contributed by atoms with Crippen molar-refractivity contribution in [2.24, 2.45) is 5.92 Å². The number of rotatable bonds is 7. The van der Waals surface area contributed by atoms with E-state index in [2.05, 4.69) is 9.71 Å². The van der Waals surface area contributed by atoms with Crippen molar-refractivity contribution < 1.29 is 8.60 Å². The van der Waals surface area contributed by atoms with Gasteiger partial charge in [0.2, 0.25) is 0 Å². The van der Waals surface area contributed by atoms with Gasteiger partial charge in [-0.25, -0.2) is 13.3 Å². The Kier molecular flexibility index (Phi) is 5.68. The fourth-order valence-electron chi connectivity index (χ4n) is 3.15. The molecule has 1 saturated carbocycles. The minimum Gasteiger partial charge on any atom is -0.396 e. The molecule has 146 valence electrons. The Morgan fingerprint density at radius 2 is 2.00 bits per heavy atom. The minimum absolute atomic E-state index is 0.0857. The van der Waals surface area contributed by atoms with Gasteiger partial charge in [-0.3, -0.25) is 4.98 Å². The SMILES string of the molecule is CC(C)(C)[S@](=O)NC(CCC1CC1)(c1ccc(F)c(N)c1)c1ccccn1. The van der Waals surface area contributed by atoms with Gasteiger partial charge in [0, 0.05) is 6.20 Å². The molecule has 1 aliphatic rings. The minimum atomic E-state index is -1.34. The van der Waals surface area contributed by atoms with Gasteiger partial charge < -0.3 is 5.73 Å². The number of nitrogens with zero attached hydrogens (tertiary/aromatic N) is 1. The van der Waals surface area contributed by atoms with E-state index in [-0.39, 0.29) is 5.69 Å². The molecule has 1 aromatic heterocycles. The zero-order valence-corrected chi connectivity index (χ0v) is 17.0. The van der Waals surface area contributed by atoms with Crippen LogP contribution in [0, 0.1) is 11.7 Å². The van der Waals surface area contributed by atoms with E-state index in [1.165, 1.54) is 18.9 Å². The molecule has 0 radical (unpaired) electrons. The van der Waals surface area contributed by atoms with E-state index in [1.807, 2.05) is 39.0 Å². The highest BCUT2D eigenvalue weighted by Crippen LogP contribution is 2.41. The summed E-state index contributed by atoms with van der Waals surface area (Å²) in [7, 11) is -1.34. The van der Waals surface area contributed by atoms with Crippen molar-refractivity contribution in [1.82, 2.24) is 9.71 Å². The van der Waals surface area contributed by atoms with Gasteiger partial charge in [-0.15, -0.1) is 0 Å². The maximum Gasteiger partial charge on any atom is 0.146 e. The fourth-order valence-corrected chi connectivity index (χ4v) is 4.09. The normalized spacial score (nSPS) is 18.1. The number of aromatic nitrogens is 1. The van der Waals surface area contributed by atoms with Crippen LogP contribution >= 0.6 is 0 Å². The van der Waals surface area contributed by atoms with Gasteiger partial charge in [0.05, 0.1) is 32.7 Å². The molecule has 0 amide bonds. The molecule has 3 N–H and O–H groups in total. The van der Waals surface area contributed by atoms with Crippen molar-refractivity contribution >= 4 is 16.7 Å². The second kappa shape index (κ2) is 7.68. The van der Waals surface area contributed by atoms with E-state index in [0.717, 1.165) is 24.1 Å². The number of nitrogen functional groups attached to an aromatic ring is 1. The summed E-state index contributed by atoms with van der Waals surface area (Å²) in [6, 6.07) is 10.4. The van der Waals surface area contributed by atoms with Gasteiger partial charge in [-0.2, -0.15) is 0 Å². The van der Waals surface area contributed by atoms with Crippen molar-refractivity contribution in [2.45, 2.75) is 56.7 Å². The quantitative estimate of drug-likeness (QED) is 0.694. The fraction of sp³-hybridized carbons (Fsp3) is 0.476. The van der Waals surface area contributed by atoms with Crippen LogP contribution in [0.1, 0.15) is 57.7 Å². The Morgan fingerprint density at radius 1 is 1.26 bits per heavy atom. The zero-order valence-electron chi connectivity index (χ0n) is 16.2. The van der Waals surface area contributed by atoms with Gasteiger partial charge >= 0.3 is 0 Å². The number of benzene rings is 1. The lowest BCUT2D eigenvalue weighted by Crippen LogP contribution is -2.49. The average Bonchev–Trinajstić information content (AvgIpc) is 3.45. The van der Waals surface area contributed by atoms with E-state index >= 15 is 0 Å². The van der Waals surface area contributed by atoms with Crippen molar-refractivity contribution in [2.75, 3.05) is 5.73 Å². The maximum absolute atomic E-state index is 13.8. The first kappa shape index (κ1) is 20.0. The summed E-state index contributed by atoms with van der Waals surface area (Å²) in [5.41, 5.74) is 6.74. The first-order valence-electron chi connectivity index (χ1n) is 9.39. The van der Waals surface area contributed by atoms with E-state index in [1.54, 1.807) is 18.3 Å². The molecule has 1 aliphatic carbocycles. The van der Waals surface area contributed by atoms with Crippen LogP contribution in [0.15, 0.2) is 42.6 Å². The molecule has 27 heavy (non-hydrogen) atoms. The number of hydrogen-bond acceptors (Lipinski definition) is 3. The third-order valence-electron chi connectivity index (χ3n) is 5.04. The smallest absolute Gasteiger partial charge is 0.146 e. The van der Waals surface area contributed by atoms with Crippen LogP contribution in [0.3, 0.4) is 0 Å². The summed E-state index contributed by atoms with van der Waals surface area (Å²) in [6.45, 7) is 5.79. The summed E-state index contributed by atoms with van der Waals surface area (Å²) in [5, 5.41) is 0. The molecule has 1 fully saturated rings. The van der Waals surface area contributed by atoms with E-state index in [0.29, 0.717) is 5.92 Å². The van der Waals surface area contributed by atoms with E-state index in [9.17, 15) is 8.60 Å². The highest BCUT2D eigenvalue weighted by Gasteiger charge is 2.41. The van der Waals surface area contributed by atoms with Gasteiger partial charge in [0.1, 0.15) is 5.82 Å². The van der Waals surface area contributed by atoms with Gasteiger partial charge in [0.25, 0.3) is 0 Å². The first-order chi connectivity index (χ1) is 12.7. The summed E-state index contributed by atoms with van der Waals surface area (Å²) < 4.78 is 29.9. The third kappa shape index (κ3) is 4.55. The standard InChI is InChI=1S/C21H28FN3OS/c1-20(2,3)27(26)25-21(12-11-15-7-8-15,19-6-4-5-13-24-19)16-9-10-17(22)18(23)14-16/h4-6,9-10,13-15,25H,7-8,11-12,23H2,1-3H3/t21?,27-/m0/s1. The molecule has 0 saturated heterocycles. The van der Waals surface area contributed by atoms with Crippen molar-refractivity contribution in [1.29, 1.82) is 0 Å². The van der Waals surface area contributed by atoms with Crippen LogP contribution in [-0.4, -0.2) is 13.9 Å². The molecular formula is C21H28FN3OS. The molecular weight excluding hydrogens is 361 g/mol. The van der Waals surface area contributed by atoms with E-state index < -0.39 is 27.1 Å². The van der Waals surface area contributed by atoms with E-state index in [4.69, 9.17) is 5.73 Å². The topological polar surface area (TPSA) is 68.0 Å². The summed E-state index contributed by atoms with van der Waals surface area (Å²) >= 11 is 0. The van der Waals surface area contributed by atoms with Gasteiger partial charge in [-0.05, 0) is 69.4 Å². The molecule has 1 heterocycles. The Morgan fingerprint density at radius 3 is 2.56 bits per heavy atom. The monoisotopic (exact) mass is 389 g/mol. The van der Waals surface area contributed by atoms with Crippen LogP contribution in [-0.2, 0) is 16.5 Å². The highest BCUT2D eigenvalue weighted by molar-refractivity contribution is 7.84. The molecule has 0 bridgehead atoms. The molecule has 4 nitrogen and oxygen atoms in total. The molecule has 3 rings (SSSR count). The lowest BCUT2D eigenvalue weighted by atomic mass is 9.82. The number of nitrogens with two attached hydrogens (primary N) is 1. The number of anilines is 1. The molecule has 6 heteroatoms. The van der Waals surface area contributed by atoms with Crippen molar-refractivity contribution in [3.05, 3.63) is 59.7 Å². The van der Waals surface area contributed by atoms with Gasteiger partial charge in [0.15, 0.2) is 0 Å². The number of halogens is 1. The molecule has 2 aromatic rings. The number of pyridine rings is 1. The van der Waals surface area contributed by atoms with Crippen molar-refractivity contribution in [3.63, 3.8) is 0 Å². The maximum atomic E-state index is 13.8. The van der Waals surface area contributed by atoms with Crippen LogP contribution in [0.25, 0.3) is 0 Å². The second-order valence-electron chi connectivity index (χ2n) is 8.32. The Labute approximate surface area is 163 Å². The molecule has 2 atom stereocenters. The third-order valence-corrected chi connectivity index (χ3v) is 6.68. The zero-order chi connectivity index (χ0) is 19.7. The van der Waals surface area contributed by atoms with Crippen LogP contribution in [0.5, 0.6) is 0 Å². The van der Waals surface area contributed by atoms with Crippen LogP contribution in [0.4, 0.5) is 10.1 Å². The van der Waals surface area contributed by atoms with Crippen molar-refractivity contribution in [3.8, 4) is 0 Å². The Balaban J connectivity index is 2.13. The highest BCUT2D eigenvalue weighted by atomic mass is 32.2. The predicted molar refractivity (Wildman–Crippen MR) is 109 cm³/mol. The number of hydrogen-bond donors (Lipinski definition) is 2. The van der Waals surface area contributed by atoms with Crippen LogP contribution < -0.4 is 10.5 Å².